The number of carbonyl (C=O) groups is 2. The molecule has 0 radical (unpaired) electrons. The summed E-state index contributed by atoms with van der Waals surface area (Å²) in [4.78, 5) is 23.7. The molecule has 1 unspecified atom stereocenters. The predicted molar refractivity (Wildman–Crippen MR) is 104 cm³/mol. The third kappa shape index (κ3) is 7.37. The highest BCUT2D eigenvalue weighted by Crippen LogP contribution is 2.06. The first kappa shape index (κ1) is 21.4. The number of nitrogens with one attached hydrogen (secondary N) is 3. The molecule has 2 aromatic carbocycles. The zero-order chi connectivity index (χ0) is 20.4. The molecule has 0 aliphatic rings. The van der Waals surface area contributed by atoms with Crippen molar-refractivity contribution in [3.63, 3.8) is 0 Å². The fourth-order valence-corrected chi connectivity index (χ4v) is 3.23. The first-order valence-corrected chi connectivity index (χ1v) is 10.1. The van der Waals surface area contributed by atoms with Gasteiger partial charge >= 0.3 is 6.09 Å². The van der Waals surface area contributed by atoms with Gasteiger partial charge in [-0.05, 0) is 24.6 Å². The van der Waals surface area contributed by atoms with E-state index in [-0.39, 0.29) is 18.0 Å². The van der Waals surface area contributed by atoms with Gasteiger partial charge in [0.2, 0.25) is 15.9 Å². The first-order chi connectivity index (χ1) is 13.4. The molecule has 2 amide bonds. The van der Waals surface area contributed by atoms with Crippen molar-refractivity contribution in [1.29, 1.82) is 0 Å². The molecule has 0 saturated carbocycles. The van der Waals surface area contributed by atoms with Gasteiger partial charge < -0.3 is 15.4 Å². The molecule has 9 heteroatoms. The van der Waals surface area contributed by atoms with E-state index in [0.717, 1.165) is 5.56 Å². The minimum Gasteiger partial charge on any atom is -0.445 e. The topological polar surface area (TPSA) is 114 Å². The molecule has 0 fully saturated rings. The fraction of sp³-hybridized carbons (Fsp3) is 0.263. The summed E-state index contributed by atoms with van der Waals surface area (Å²) in [6.45, 7) is 1.57. The highest BCUT2D eigenvalue weighted by Gasteiger charge is 2.16. The van der Waals surface area contributed by atoms with Gasteiger partial charge in [0, 0.05) is 12.6 Å². The molecule has 2 aromatic rings. The average Bonchev–Trinajstić information content (AvgIpc) is 2.71. The molecular weight excluding hydrogens is 382 g/mol. The third-order valence-corrected chi connectivity index (χ3v) is 5.07. The number of rotatable bonds is 9. The fourth-order valence-electron chi connectivity index (χ4n) is 2.23. The SMILES string of the molecule is CC(CNC(=O)OCc1ccccc1)NC(=O)CNS(=O)(=O)c1ccccc1. The maximum atomic E-state index is 12.1. The second-order valence-corrected chi connectivity index (χ2v) is 7.82. The monoisotopic (exact) mass is 405 g/mol. The summed E-state index contributed by atoms with van der Waals surface area (Å²) in [5.41, 5.74) is 0.865. The summed E-state index contributed by atoms with van der Waals surface area (Å²) < 4.78 is 31.4. The average molecular weight is 405 g/mol. The Bertz CT molecular complexity index is 873. The highest BCUT2D eigenvalue weighted by atomic mass is 32.2. The molecule has 0 spiro atoms. The number of alkyl carbamates (subject to hydrolysis) is 1. The molecule has 0 heterocycles. The number of hydrogen-bond acceptors (Lipinski definition) is 5. The van der Waals surface area contributed by atoms with Crippen LogP contribution in [0, 0.1) is 0 Å². The first-order valence-electron chi connectivity index (χ1n) is 8.65. The van der Waals surface area contributed by atoms with E-state index in [1.807, 2.05) is 30.3 Å². The van der Waals surface area contributed by atoms with Gasteiger partial charge in [-0.3, -0.25) is 4.79 Å². The normalized spacial score (nSPS) is 12.0. The number of benzene rings is 2. The van der Waals surface area contributed by atoms with Crippen LogP contribution in [-0.2, 0) is 26.2 Å². The highest BCUT2D eigenvalue weighted by molar-refractivity contribution is 7.89. The van der Waals surface area contributed by atoms with Gasteiger partial charge in [0.1, 0.15) is 6.61 Å². The molecule has 0 bridgehead atoms. The van der Waals surface area contributed by atoms with E-state index in [2.05, 4.69) is 15.4 Å². The molecule has 28 heavy (non-hydrogen) atoms. The van der Waals surface area contributed by atoms with Crippen LogP contribution in [-0.4, -0.2) is 39.5 Å². The van der Waals surface area contributed by atoms with Crippen LogP contribution in [0.25, 0.3) is 0 Å². The van der Waals surface area contributed by atoms with E-state index in [0.29, 0.717) is 0 Å². The third-order valence-electron chi connectivity index (χ3n) is 3.65. The minimum absolute atomic E-state index is 0.0821. The molecule has 0 aromatic heterocycles. The Labute approximate surface area is 164 Å². The second-order valence-electron chi connectivity index (χ2n) is 6.05. The van der Waals surface area contributed by atoms with Gasteiger partial charge in [-0.1, -0.05) is 48.5 Å². The molecule has 0 aliphatic carbocycles. The lowest BCUT2D eigenvalue weighted by molar-refractivity contribution is -0.120. The van der Waals surface area contributed by atoms with Crippen LogP contribution < -0.4 is 15.4 Å². The zero-order valence-corrected chi connectivity index (χ0v) is 16.2. The van der Waals surface area contributed by atoms with Gasteiger partial charge in [0.15, 0.2) is 0 Å². The van der Waals surface area contributed by atoms with Crippen molar-refractivity contribution >= 4 is 22.0 Å². The van der Waals surface area contributed by atoms with Crippen molar-refractivity contribution in [3.05, 3.63) is 66.2 Å². The summed E-state index contributed by atoms with van der Waals surface area (Å²) in [5, 5.41) is 5.14. The minimum atomic E-state index is -3.75. The summed E-state index contributed by atoms with van der Waals surface area (Å²) in [6.07, 6.45) is -0.602. The lowest BCUT2D eigenvalue weighted by Crippen LogP contribution is -2.45. The van der Waals surface area contributed by atoms with Crippen molar-refractivity contribution in [1.82, 2.24) is 15.4 Å². The van der Waals surface area contributed by atoms with Crippen LogP contribution in [0.3, 0.4) is 0 Å². The lowest BCUT2D eigenvalue weighted by Gasteiger charge is -2.15. The molecule has 150 valence electrons. The van der Waals surface area contributed by atoms with Crippen molar-refractivity contribution in [3.8, 4) is 0 Å². The number of sulfonamides is 1. The van der Waals surface area contributed by atoms with Crippen LogP contribution in [0.2, 0.25) is 0 Å². The van der Waals surface area contributed by atoms with Crippen LogP contribution >= 0.6 is 0 Å². The molecule has 0 saturated heterocycles. The van der Waals surface area contributed by atoms with E-state index in [1.165, 1.54) is 12.1 Å². The van der Waals surface area contributed by atoms with Gasteiger partial charge in [0.25, 0.3) is 0 Å². The van der Waals surface area contributed by atoms with Gasteiger partial charge in [0.05, 0.1) is 11.4 Å². The van der Waals surface area contributed by atoms with Gasteiger partial charge in [-0.2, -0.15) is 0 Å². The van der Waals surface area contributed by atoms with E-state index in [4.69, 9.17) is 4.74 Å². The molecule has 1 atom stereocenters. The Morgan fingerprint density at radius 2 is 1.61 bits per heavy atom. The van der Waals surface area contributed by atoms with E-state index in [1.54, 1.807) is 25.1 Å². The zero-order valence-electron chi connectivity index (χ0n) is 15.4. The molecule has 8 nitrogen and oxygen atoms in total. The van der Waals surface area contributed by atoms with Crippen LogP contribution in [0.5, 0.6) is 0 Å². The summed E-state index contributed by atoms with van der Waals surface area (Å²) >= 11 is 0. The van der Waals surface area contributed by atoms with Crippen molar-refractivity contribution in [2.45, 2.75) is 24.5 Å². The Hall–Kier alpha value is -2.91. The number of ether oxygens (including phenoxy) is 1. The second kappa shape index (κ2) is 10.4. The Kier molecular flexibility index (Phi) is 7.97. The summed E-state index contributed by atoms with van der Waals surface area (Å²) in [7, 11) is -3.75. The smallest absolute Gasteiger partial charge is 0.407 e. The largest absolute Gasteiger partial charge is 0.445 e. The van der Waals surface area contributed by atoms with E-state index >= 15 is 0 Å². The maximum absolute atomic E-state index is 12.1. The Morgan fingerprint density at radius 3 is 2.25 bits per heavy atom. The van der Waals surface area contributed by atoms with Crippen molar-refractivity contribution < 1.29 is 22.7 Å². The predicted octanol–water partition coefficient (Wildman–Crippen LogP) is 1.40. The van der Waals surface area contributed by atoms with Crippen molar-refractivity contribution in [2.24, 2.45) is 0 Å². The number of carbonyl (C=O) groups excluding carboxylic acids is 2. The number of amides is 2. The van der Waals surface area contributed by atoms with Crippen LogP contribution in [0.15, 0.2) is 65.6 Å². The molecular formula is C19H23N3O5S. The standard InChI is InChI=1S/C19H23N3O5S/c1-15(12-20-19(24)27-14-16-8-4-2-5-9-16)22-18(23)13-21-28(25,26)17-10-6-3-7-11-17/h2-11,15,21H,12-14H2,1H3,(H,20,24)(H,22,23). The molecule has 0 aliphatic heterocycles. The summed E-state index contributed by atoms with van der Waals surface area (Å²) in [5.74, 6) is -0.508. The van der Waals surface area contributed by atoms with Crippen molar-refractivity contribution in [2.75, 3.05) is 13.1 Å². The summed E-state index contributed by atoms with van der Waals surface area (Å²) in [6, 6.07) is 16.6. The van der Waals surface area contributed by atoms with E-state index in [9.17, 15) is 18.0 Å². The lowest BCUT2D eigenvalue weighted by atomic mass is 10.2. The molecule has 3 N–H and O–H groups in total. The maximum Gasteiger partial charge on any atom is 0.407 e. The van der Waals surface area contributed by atoms with Crippen LogP contribution in [0.4, 0.5) is 4.79 Å². The van der Waals surface area contributed by atoms with E-state index < -0.39 is 34.6 Å². The Morgan fingerprint density at radius 1 is 1.00 bits per heavy atom. The van der Waals surface area contributed by atoms with Crippen LogP contribution in [0.1, 0.15) is 12.5 Å². The van der Waals surface area contributed by atoms with Gasteiger partial charge in [-0.25, -0.2) is 17.9 Å². The van der Waals surface area contributed by atoms with Gasteiger partial charge in [-0.15, -0.1) is 0 Å². The Balaban J connectivity index is 1.67. The quantitative estimate of drug-likeness (QED) is 0.584. The number of hydrogen-bond donors (Lipinski definition) is 3. The molecule has 2 rings (SSSR count).